The third-order valence-electron chi connectivity index (χ3n) is 3.71. The van der Waals surface area contributed by atoms with Gasteiger partial charge in [-0.2, -0.15) is 13.2 Å². The molecule has 5 nitrogen and oxygen atoms in total. The first-order valence-corrected chi connectivity index (χ1v) is 7.68. The first-order chi connectivity index (χ1) is 12.3. The van der Waals surface area contributed by atoms with Crippen molar-refractivity contribution in [2.45, 2.75) is 12.3 Å². The minimum atomic E-state index is -4.55. The Balaban J connectivity index is 1.47. The number of ether oxygens (including phenoxy) is 2. The molecular formula is C17H14F4N2O3. The van der Waals surface area contributed by atoms with E-state index in [1.54, 1.807) is 6.07 Å². The lowest BCUT2D eigenvalue weighted by molar-refractivity contribution is -0.142. The number of pyridine rings is 1. The molecule has 1 saturated heterocycles. The van der Waals surface area contributed by atoms with Crippen molar-refractivity contribution >= 4 is 5.91 Å². The monoisotopic (exact) mass is 370 g/mol. The summed E-state index contributed by atoms with van der Waals surface area (Å²) >= 11 is 0. The smallest absolute Gasteiger partial charge is 0.433 e. The van der Waals surface area contributed by atoms with Crippen LogP contribution in [0.4, 0.5) is 17.6 Å². The maximum atomic E-state index is 13.4. The van der Waals surface area contributed by atoms with Crippen molar-refractivity contribution in [1.29, 1.82) is 0 Å². The van der Waals surface area contributed by atoms with E-state index in [1.807, 2.05) is 0 Å². The van der Waals surface area contributed by atoms with Crippen LogP contribution in [0.5, 0.6) is 11.5 Å². The van der Waals surface area contributed by atoms with Crippen LogP contribution in [0.15, 0.2) is 42.6 Å². The van der Waals surface area contributed by atoms with Gasteiger partial charge in [0.25, 0.3) is 5.91 Å². The molecule has 1 aliphatic heterocycles. The molecule has 1 aromatic carbocycles. The molecule has 0 radical (unpaired) electrons. The molecule has 0 atom stereocenters. The molecule has 1 aliphatic rings. The molecule has 1 amide bonds. The molecular weight excluding hydrogens is 356 g/mol. The van der Waals surface area contributed by atoms with Gasteiger partial charge in [-0.3, -0.25) is 9.78 Å². The number of alkyl halides is 3. The van der Waals surface area contributed by atoms with Gasteiger partial charge in [0.2, 0.25) is 0 Å². The van der Waals surface area contributed by atoms with Gasteiger partial charge >= 0.3 is 6.18 Å². The number of aromatic nitrogens is 1. The lowest BCUT2D eigenvalue weighted by Gasteiger charge is -2.38. The number of hydrogen-bond acceptors (Lipinski definition) is 4. The standard InChI is InChI=1S/C17H14F4N2O3/c18-13-3-1-2-4-14(13)25-10-16(24)23-8-12(9-23)26-11-5-6-22-15(7-11)17(19,20)21/h1-7,12H,8-10H2. The molecule has 138 valence electrons. The van der Waals surface area contributed by atoms with Gasteiger partial charge in [0.1, 0.15) is 17.5 Å². The van der Waals surface area contributed by atoms with Gasteiger partial charge in [-0.25, -0.2) is 4.39 Å². The summed E-state index contributed by atoms with van der Waals surface area (Å²) in [7, 11) is 0. The Morgan fingerprint density at radius 2 is 1.96 bits per heavy atom. The summed E-state index contributed by atoms with van der Waals surface area (Å²) < 4.78 is 61.8. The number of benzene rings is 1. The van der Waals surface area contributed by atoms with Crippen LogP contribution in [-0.2, 0) is 11.0 Å². The van der Waals surface area contributed by atoms with Crippen LogP contribution in [-0.4, -0.2) is 41.6 Å². The Bertz CT molecular complexity index is 792. The lowest BCUT2D eigenvalue weighted by Crippen LogP contribution is -2.57. The minimum Gasteiger partial charge on any atom is -0.487 e. The molecule has 2 heterocycles. The number of rotatable bonds is 5. The van der Waals surface area contributed by atoms with Crippen molar-refractivity contribution in [3.05, 3.63) is 54.1 Å². The molecule has 0 spiro atoms. The van der Waals surface area contributed by atoms with Crippen molar-refractivity contribution in [1.82, 2.24) is 9.88 Å². The summed E-state index contributed by atoms with van der Waals surface area (Å²) in [5.41, 5.74) is -1.04. The Labute approximate surface area is 146 Å². The number of nitrogens with zero attached hydrogens (tertiary/aromatic N) is 2. The predicted octanol–water partition coefficient (Wildman–Crippen LogP) is 2.91. The molecule has 0 bridgehead atoms. The van der Waals surface area contributed by atoms with Crippen molar-refractivity contribution in [3.63, 3.8) is 0 Å². The van der Waals surface area contributed by atoms with Gasteiger partial charge < -0.3 is 14.4 Å². The van der Waals surface area contributed by atoms with E-state index in [4.69, 9.17) is 9.47 Å². The molecule has 2 aromatic rings. The average molecular weight is 370 g/mol. The van der Waals surface area contributed by atoms with E-state index in [2.05, 4.69) is 4.98 Å². The van der Waals surface area contributed by atoms with Crippen molar-refractivity contribution < 1.29 is 31.8 Å². The zero-order chi connectivity index (χ0) is 18.7. The third-order valence-corrected chi connectivity index (χ3v) is 3.71. The molecule has 0 unspecified atom stereocenters. The molecule has 0 N–H and O–H groups in total. The Kier molecular flexibility index (Phi) is 4.97. The summed E-state index contributed by atoms with van der Waals surface area (Å²) in [5.74, 6) is -0.917. The lowest BCUT2D eigenvalue weighted by atomic mass is 10.1. The molecule has 1 fully saturated rings. The molecule has 0 aliphatic carbocycles. The third kappa shape index (κ3) is 4.22. The van der Waals surface area contributed by atoms with Gasteiger partial charge in [0, 0.05) is 12.3 Å². The fraction of sp³-hybridized carbons (Fsp3) is 0.294. The van der Waals surface area contributed by atoms with E-state index in [0.29, 0.717) is 0 Å². The first kappa shape index (κ1) is 18.0. The predicted molar refractivity (Wildman–Crippen MR) is 82.1 cm³/mol. The number of carbonyl (C=O) groups is 1. The topological polar surface area (TPSA) is 51.7 Å². The minimum absolute atomic E-state index is 0.0226. The number of amides is 1. The fourth-order valence-electron chi connectivity index (χ4n) is 2.34. The first-order valence-electron chi connectivity index (χ1n) is 7.68. The zero-order valence-electron chi connectivity index (χ0n) is 13.4. The Hall–Kier alpha value is -2.84. The Morgan fingerprint density at radius 3 is 2.65 bits per heavy atom. The maximum absolute atomic E-state index is 13.4. The Morgan fingerprint density at radius 1 is 1.23 bits per heavy atom. The van der Waals surface area contributed by atoms with E-state index in [1.165, 1.54) is 29.2 Å². The fourth-order valence-corrected chi connectivity index (χ4v) is 2.34. The highest BCUT2D eigenvalue weighted by Gasteiger charge is 2.35. The second kappa shape index (κ2) is 7.19. The molecule has 9 heteroatoms. The molecule has 26 heavy (non-hydrogen) atoms. The van der Waals surface area contributed by atoms with Gasteiger partial charge in [0.05, 0.1) is 13.1 Å². The summed E-state index contributed by atoms with van der Waals surface area (Å²) in [5, 5.41) is 0. The summed E-state index contributed by atoms with van der Waals surface area (Å²) in [6.45, 7) is 0.0907. The van der Waals surface area contributed by atoms with Crippen LogP contribution in [0, 0.1) is 5.82 Å². The normalized spacial score (nSPS) is 14.7. The van der Waals surface area contributed by atoms with Crippen LogP contribution >= 0.6 is 0 Å². The quantitative estimate of drug-likeness (QED) is 0.760. The van der Waals surface area contributed by atoms with Crippen LogP contribution in [0.25, 0.3) is 0 Å². The summed E-state index contributed by atoms with van der Waals surface area (Å²) in [4.78, 5) is 16.6. The highest BCUT2D eigenvalue weighted by molar-refractivity contribution is 5.78. The number of carbonyl (C=O) groups excluding carboxylic acids is 1. The van der Waals surface area contributed by atoms with E-state index in [-0.39, 0.29) is 37.1 Å². The van der Waals surface area contributed by atoms with Crippen molar-refractivity contribution in [2.24, 2.45) is 0 Å². The van der Waals surface area contributed by atoms with E-state index in [9.17, 15) is 22.4 Å². The molecule has 1 aromatic heterocycles. The highest BCUT2D eigenvalue weighted by atomic mass is 19.4. The average Bonchev–Trinajstić information content (AvgIpc) is 2.56. The number of hydrogen-bond donors (Lipinski definition) is 0. The number of halogens is 4. The van der Waals surface area contributed by atoms with E-state index < -0.39 is 23.8 Å². The van der Waals surface area contributed by atoms with Crippen molar-refractivity contribution in [3.8, 4) is 11.5 Å². The van der Waals surface area contributed by atoms with E-state index in [0.717, 1.165) is 12.3 Å². The molecule has 3 rings (SSSR count). The van der Waals surface area contributed by atoms with Gasteiger partial charge in [-0.15, -0.1) is 0 Å². The van der Waals surface area contributed by atoms with Crippen LogP contribution in [0.1, 0.15) is 5.69 Å². The van der Waals surface area contributed by atoms with Crippen LogP contribution in [0.3, 0.4) is 0 Å². The van der Waals surface area contributed by atoms with Crippen LogP contribution in [0.2, 0.25) is 0 Å². The summed E-state index contributed by atoms with van der Waals surface area (Å²) in [6.07, 6.45) is -3.96. The zero-order valence-corrected chi connectivity index (χ0v) is 13.4. The van der Waals surface area contributed by atoms with Gasteiger partial charge in [-0.05, 0) is 18.2 Å². The largest absolute Gasteiger partial charge is 0.487 e. The van der Waals surface area contributed by atoms with E-state index >= 15 is 0 Å². The maximum Gasteiger partial charge on any atom is 0.433 e. The number of para-hydroxylation sites is 1. The van der Waals surface area contributed by atoms with Crippen LogP contribution < -0.4 is 9.47 Å². The molecule has 0 saturated carbocycles. The number of likely N-dealkylation sites (tertiary alicyclic amines) is 1. The second-order valence-electron chi connectivity index (χ2n) is 5.63. The summed E-state index contributed by atoms with van der Waals surface area (Å²) in [6, 6.07) is 7.85. The second-order valence-corrected chi connectivity index (χ2v) is 5.63. The SMILES string of the molecule is O=C(COc1ccccc1F)N1CC(Oc2ccnc(C(F)(F)F)c2)C1. The van der Waals surface area contributed by atoms with Gasteiger partial charge in [-0.1, -0.05) is 12.1 Å². The van der Waals surface area contributed by atoms with Gasteiger partial charge in [0.15, 0.2) is 18.2 Å². The van der Waals surface area contributed by atoms with Crippen molar-refractivity contribution in [2.75, 3.05) is 19.7 Å². The highest BCUT2D eigenvalue weighted by Crippen LogP contribution is 2.30.